The molecule has 25 heavy (non-hydrogen) atoms. The summed E-state index contributed by atoms with van der Waals surface area (Å²) in [4.78, 5) is 12.5. The molecule has 2 atom stereocenters. The van der Waals surface area contributed by atoms with Crippen LogP contribution in [0, 0.1) is 0 Å². The van der Waals surface area contributed by atoms with E-state index in [1.54, 1.807) is 0 Å². The van der Waals surface area contributed by atoms with Crippen LogP contribution in [-0.2, 0) is 16.1 Å². The van der Waals surface area contributed by atoms with Gasteiger partial charge in [0.15, 0.2) is 0 Å². The maximum atomic E-state index is 12.5. The monoisotopic (exact) mass is 337 g/mol. The van der Waals surface area contributed by atoms with Crippen molar-refractivity contribution in [1.29, 1.82) is 0 Å². The third-order valence-corrected chi connectivity index (χ3v) is 5.02. The number of fused-ring (bicyclic) bond motifs is 3. The second kappa shape index (κ2) is 6.50. The molecule has 2 heterocycles. The third kappa shape index (κ3) is 2.79. The summed E-state index contributed by atoms with van der Waals surface area (Å²) in [6.45, 7) is 3.52. The molecule has 0 aliphatic carbocycles. The molecule has 1 saturated heterocycles. The van der Waals surface area contributed by atoms with Gasteiger partial charge in [-0.1, -0.05) is 18.2 Å². The molecule has 3 aromatic rings. The number of nitrogens with two attached hydrogens (primary N) is 1. The number of rotatable bonds is 4. The summed E-state index contributed by atoms with van der Waals surface area (Å²) < 4.78 is 7.98. The summed E-state index contributed by atoms with van der Waals surface area (Å²) in [7, 11) is 0. The van der Waals surface area contributed by atoms with Crippen LogP contribution in [0.2, 0.25) is 0 Å². The average molecular weight is 337 g/mol. The number of carbonyl (C=O) groups excluding carboxylic acids is 1. The lowest BCUT2D eigenvalue weighted by molar-refractivity contribution is -0.126. The Kier molecular flexibility index (Phi) is 4.19. The number of para-hydroxylation sites is 1. The van der Waals surface area contributed by atoms with Crippen molar-refractivity contribution in [2.45, 2.75) is 38.5 Å². The van der Waals surface area contributed by atoms with Crippen LogP contribution in [-0.4, -0.2) is 29.2 Å². The van der Waals surface area contributed by atoms with E-state index in [2.05, 4.69) is 47.1 Å². The van der Waals surface area contributed by atoms with Crippen LogP contribution in [0.25, 0.3) is 21.8 Å². The Morgan fingerprint density at radius 1 is 1.20 bits per heavy atom. The van der Waals surface area contributed by atoms with Gasteiger partial charge < -0.3 is 20.4 Å². The van der Waals surface area contributed by atoms with Crippen molar-refractivity contribution in [3.8, 4) is 0 Å². The predicted molar refractivity (Wildman–Crippen MR) is 101 cm³/mol. The molecule has 2 aromatic carbocycles. The van der Waals surface area contributed by atoms with E-state index in [0.717, 1.165) is 30.5 Å². The highest BCUT2D eigenvalue weighted by Crippen LogP contribution is 2.31. The minimum atomic E-state index is -0.402. The first-order chi connectivity index (χ1) is 12.2. The minimum absolute atomic E-state index is 0.000704. The highest BCUT2D eigenvalue weighted by molar-refractivity contribution is 6.10. The van der Waals surface area contributed by atoms with Crippen molar-refractivity contribution in [3.63, 3.8) is 0 Å². The molecule has 0 spiro atoms. The first kappa shape index (κ1) is 16.1. The number of anilines is 1. The van der Waals surface area contributed by atoms with E-state index >= 15 is 0 Å². The number of benzene rings is 2. The number of carbonyl (C=O) groups is 1. The van der Waals surface area contributed by atoms with E-state index in [9.17, 15) is 4.79 Å². The average Bonchev–Trinajstić information content (AvgIpc) is 3.24. The number of ether oxygens (including phenoxy) is 1. The standard InChI is InChI=1S/C20H23N3O2/c1-2-23-17-6-4-3-5-15(17)16-11-13(7-9-18(16)23)22-20(24)19-10-8-14(12-21)25-19/h3-7,9,11,14,19H,2,8,10,12,21H2,1H3,(H,22,24)/t14-,19+/m1/s1. The molecule has 3 N–H and O–H groups in total. The van der Waals surface area contributed by atoms with Crippen molar-refractivity contribution in [3.05, 3.63) is 42.5 Å². The number of aromatic nitrogens is 1. The summed E-state index contributed by atoms with van der Waals surface area (Å²) in [5, 5.41) is 5.36. The van der Waals surface area contributed by atoms with Crippen molar-refractivity contribution in [2.75, 3.05) is 11.9 Å². The zero-order valence-corrected chi connectivity index (χ0v) is 14.4. The van der Waals surface area contributed by atoms with Crippen molar-refractivity contribution in [1.82, 2.24) is 4.57 Å². The van der Waals surface area contributed by atoms with Crippen LogP contribution in [0.15, 0.2) is 42.5 Å². The highest BCUT2D eigenvalue weighted by Gasteiger charge is 2.29. The van der Waals surface area contributed by atoms with Crippen LogP contribution < -0.4 is 11.1 Å². The molecule has 130 valence electrons. The lowest BCUT2D eigenvalue weighted by Gasteiger charge is -2.13. The molecule has 0 radical (unpaired) electrons. The van der Waals surface area contributed by atoms with Gasteiger partial charge in [0.25, 0.3) is 5.91 Å². The van der Waals surface area contributed by atoms with Gasteiger partial charge in [-0.3, -0.25) is 4.79 Å². The number of hydrogen-bond donors (Lipinski definition) is 2. The normalized spacial score (nSPS) is 20.4. The zero-order chi connectivity index (χ0) is 17.4. The topological polar surface area (TPSA) is 69.3 Å². The Hall–Kier alpha value is -2.37. The predicted octanol–water partition coefficient (Wildman–Crippen LogP) is 3.26. The molecule has 1 aromatic heterocycles. The molecule has 0 saturated carbocycles. The van der Waals surface area contributed by atoms with Crippen molar-refractivity contribution >= 4 is 33.4 Å². The number of aryl methyl sites for hydroxylation is 1. The van der Waals surface area contributed by atoms with E-state index in [4.69, 9.17) is 10.5 Å². The number of amides is 1. The Balaban J connectivity index is 1.65. The van der Waals surface area contributed by atoms with E-state index in [0.29, 0.717) is 6.54 Å². The summed E-state index contributed by atoms with van der Waals surface area (Å²) in [6, 6.07) is 14.5. The van der Waals surface area contributed by atoms with Crippen molar-refractivity contribution < 1.29 is 9.53 Å². The van der Waals surface area contributed by atoms with Gasteiger partial charge in [0.2, 0.25) is 0 Å². The maximum absolute atomic E-state index is 12.5. The Morgan fingerprint density at radius 3 is 2.76 bits per heavy atom. The van der Waals surface area contributed by atoms with E-state index in [-0.39, 0.29) is 12.0 Å². The minimum Gasteiger partial charge on any atom is -0.364 e. The second-order valence-corrected chi connectivity index (χ2v) is 6.54. The summed E-state index contributed by atoms with van der Waals surface area (Å²) >= 11 is 0. The summed E-state index contributed by atoms with van der Waals surface area (Å²) in [6.07, 6.45) is 1.17. The quantitative estimate of drug-likeness (QED) is 0.768. The molecule has 0 unspecified atom stereocenters. The van der Waals surface area contributed by atoms with Crippen molar-refractivity contribution in [2.24, 2.45) is 5.73 Å². The first-order valence-electron chi connectivity index (χ1n) is 8.88. The number of nitrogens with zero attached hydrogens (tertiary/aromatic N) is 1. The van der Waals surface area contributed by atoms with E-state index in [1.807, 2.05) is 12.1 Å². The molecule has 5 nitrogen and oxygen atoms in total. The van der Waals surface area contributed by atoms with Crippen LogP contribution >= 0.6 is 0 Å². The third-order valence-electron chi connectivity index (χ3n) is 5.02. The number of hydrogen-bond acceptors (Lipinski definition) is 3. The van der Waals surface area contributed by atoms with Crippen LogP contribution in [0.4, 0.5) is 5.69 Å². The molecular weight excluding hydrogens is 314 g/mol. The van der Waals surface area contributed by atoms with Gasteiger partial charge in [-0.2, -0.15) is 0 Å². The zero-order valence-electron chi connectivity index (χ0n) is 14.4. The molecule has 1 aliphatic heterocycles. The van der Waals surface area contributed by atoms with Gasteiger partial charge >= 0.3 is 0 Å². The molecular formula is C20H23N3O2. The first-order valence-corrected chi connectivity index (χ1v) is 8.88. The maximum Gasteiger partial charge on any atom is 0.253 e. The van der Waals surface area contributed by atoms with Gasteiger partial charge in [-0.15, -0.1) is 0 Å². The molecule has 0 bridgehead atoms. The second-order valence-electron chi connectivity index (χ2n) is 6.54. The lowest BCUT2D eigenvalue weighted by atomic mass is 10.1. The van der Waals surface area contributed by atoms with E-state index < -0.39 is 6.10 Å². The fraction of sp³-hybridized carbons (Fsp3) is 0.350. The largest absolute Gasteiger partial charge is 0.364 e. The van der Waals surface area contributed by atoms with Crippen LogP contribution in [0.1, 0.15) is 19.8 Å². The fourth-order valence-electron chi connectivity index (χ4n) is 3.77. The van der Waals surface area contributed by atoms with Gasteiger partial charge in [0, 0.05) is 40.6 Å². The van der Waals surface area contributed by atoms with Gasteiger partial charge in [0.1, 0.15) is 6.10 Å². The highest BCUT2D eigenvalue weighted by atomic mass is 16.5. The van der Waals surface area contributed by atoms with Gasteiger partial charge in [0.05, 0.1) is 6.10 Å². The van der Waals surface area contributed by atoms with Crippen LogP contribution in [0.5, 0.6) is 0 Å². The smallest absolute Gasteiger partial charge is 0.253 e. The Labute approximate surface area is 146 Å². The molecule has 1 amide bonds. The molecule has 1 aliphatic rings. The Morgan fingerprint density at radius 2 is 2.00 bits per heavy atom. The van der Waals surface area contributed by atoms with Crippen LogP contribution in [0.3, 0.4) is 0 Å². The molecule has 1 fully saturated rings. The summed E-state index contributed by atoms with van der Waals surface area (Å²) in [5.74, 6) is -0.0884. The van der Waals surface area contributed by atoms with Gasteiger partial charge in [-0.05, 0) is 44.0 Å². The SMILES string of the molecule is CCn1c2ccccc2c2cc(NC(=O)[C@@H]3CC[C@H](CN)O3)ccc21. The fourth-order valence-corrected chi connectivity index (χ4v) is 3.77. The lowest BCUT2D eigenvalue weighted by Crippen LogP contribution is -2.29. The molecule has 4 rings (SSSR count). The van der Waals surface area contributed by atoms with E-state index in [1.165, 1.54) is 16.4 Å². The summed E-state index contributed by atoms with van der Waals surface area (Å²) in [5.41, 5.74) is 8.82. The number of nitrogens with one attached hydrogen (secondary N) is 1. The Bertz CT molecular complexity index is 931. The molecule has 5 heteroatoms. The van der Waals surface area contributed by atoms with Gasteiger partial charge in [-0.25, -0.2) is 0 Å².